The summed E-state index contributed by atoms with van der Waals surface area (Å²) in [5.74, 6) is 0.0720. The quantitative estimate of drug-likeness (QED) is 0.768. The van der Waals surface area contributed by atoms with Crippen LogP contribution in [0, 0.1) is 0 Å². The smallest absolute Gasteiger partial charge is 0.257 e. The van der Waals surface area contributed by atoms with E-state index in [1.165, 1.54) is 6.42 Å². The predicted octanol–water partition coefficient (Wildman–Crippen LogP) is 3.36. The second-order valence-corrected chi connectivity index (χ2v) is 6.73. The number of hydrogen-bond donors (Lipinski definition) is 1. The molecular weight excluding hydrogens is 326 g/mol. The van der Waals surface area contributed by atoms with E-state index in [0.29, 0.717) is 5.56 Å². The summed E-state index contributed by atoms with van der Waals surface area (Å²) < 4.78 is 1.94. The van der Waals surface area contributed by atoms with Crippen LogP contribution in [-0.2, 0) is 6.54 Å². The lowest BCUT2D eigenvalue weighted by Crippen LogP contribution is -2.44. The van der Waals surface area contributed by atoms with Crippen LogP contribution in [0.3, 0.4) is 0 Å². The Bertz CT molecular complexity index is 840. The number of nitrogens with one attached hydrogen (secondary N) is 1. The Hall–Kier alpha value is -2.89. The van der Waals surface area contributed by atoms with Gasteiger partial charge < -0.3 is 4.90 Å². The number of aromatic nitrogens is 4. The first-order valence-electron chi connectivity index (χ1n) is 9.20. The van der Waals surface area contributed by atoms with E-state index in [1.807, 2.05) is 52.2 Å². The van der Waals surface area contributed by atoms with Crippen molar-refractivity contribution < 1.29 is 4.79 Å². The molecule has 0 aliphatic carbocycles. The maximum atomic E-state index is 13.3. The van der Waals surface area contributed by atoms with Crippen molar-refractivity contribution in [2.45, 2.75) is 38.3 Å². The number of carbonyl (C=O) groups excluding carboxylic acids is 1. The van der Waals surface area contributed by atoms with Crippen LogP contribution < -0.4 is 0 Å². The minimum absolute atomic E-state index is 0.0720. The van der Waals surface area contributed by atoms with Crippen LogP contribution in [0.2, 0.25) is 0 Å². The SMILES string of the molecule is O=C(c1cn[nH]c1-c1ccccc1)N1CCCCC1CCn1cccn1. The van der Waals surface area contributed by atoms with E-state index < -0.39 is 0 Å². The van der Waals surface area contributed by atoms with E-state index in [9.17, 15) is 4.79 Å². The normalized spacial score (nSPS) is 17.4. The van der Waals surface area contributed by atoms with Crippen molar-refractivity contribution in [3.8, 4) is 11.3 Å². The average Bonchev–Trinajstić information content (AvgIpc) is 3.38. The van der Waals surface area contributed by atoms with Crippen LogP contribution in [0.4, 0.5) is 0 Å². The van der Waals surface area contributed by atoms with Crippen LogP contribution in [0.25, 0.3) is 11.3 Å². The summed E-state index contributed by atoms with van der Waals surface area (Å²) in [6.07, 6.45) is 9.62. The van der Waals surface area contributed by atoms with E-state index in [0.717, 1.165) is 43.6 Å². The van der Waals surface area contributed by atoms with Gasteiger partial charge in [-0.25, -0.2) is 0 Å². The Morgan fingerprint density at radius 3 is 2.88 bits per heavy atom. The molecule has 0 saturated carbocycles. The molecule has 1 aromatic carbocycles. The standard InChI is InChI=1S/C20H23N5O/c26-20(18-15-21-23-19(18)16-7-2-1-3-8-16)25-13-5-4-9-17(25)10-14-24-12-6-11-22-24/h1-3,6-8,11-12,15,17H,4-5,9-10,13-14H2,(H,21,23). The fraction of sp³-hybridized carbons (Fsp3) is 0.350. The number of aryl methyl sites for hydroxylation is 1. The zero-order chi connectivity index (χ0) is 17.8. The molecule has 6 nitrogen and oxygen atoms in total. The minimum atomic E-state index is 0.0720. The second kappa shape index (κ2) is 7.56. The van der Waals surface area contributed by atoms with Gasteiger partial charge in [-0.2, -0.15) is 10.2 Å². The average molecular weight is 349 g/mol. The molecule has 3 heterocycles. The topological polar surface area (TPSA) is 66.8 Å². The largest absolute Gasteiger partial charge is 0.335 e. The van der Waals surface area contributed by atoms with E-state index in [1.54, 1.807) is 12.4 Å². The summed E-state index contributed by atoms with van der Waals surface area (Å²) >= 11 is 0. The Labute approximate surface area is 152 Å². The molecule has 134 valence electrons. The number of amides is 1. The number of likely N-dealkylation sites (tertiary alicyclic amines) is 1. The van der Waals surface area contributed by atoms with Crippen molar-refractivity contribution in [1.29, 1.82) is 0 Å². The maximum absolute atomic E-state index is 13.3. The van der Waals surface area contributed by atoms with Gasteiger partial charge in [0, 0.05) is 37.1 Å². The first-order chi connectivity index (χ1) is 12.8. The number of hydrogen-bond acceptors (Lipinski definition) is 3. The van der Waals surface area contributed by atoms with Gasteiger partial charge in [0.25, 0.3) is 5.91 Å². The second-order valence-electron chi connectivity index (χ2n) is 6.73. The molecule has 26 heavy (non-hydrogen) atoms. The molecule has 3 aromatic rings. The van der Waals surface area contributed by atoms with Crippen molar-refractivity contribution in [2.75, 3.05) is 6.54 Å². The van der Waals surface area contributed by atoms with Gasteiger partial charge in [0.2, 0.25) is 0 Å². The summed E-state index contributed by atoms with van der Waals surface area (Å²) in [4.78, 5) is 15.3. The highest BCUT2D eigenvalue weighted by atomic mass is 16.2. The zero-order valence-corrected chi connectivity index (χ0v) is 14.7. The number of rotatable bonds is 5. The number of piperidine rings is 1. The van der Waals surface area contributed by atoms with Crippen molar-refractivity contribution in [3.63, 3.8) is 0 Å². The molecule has 4 rings (SSSR count). The fourth-order valence-corrected chi connectivity index (χ4v) is 3.71. The first-order valence-corrected chi connectivity index (χ1v) is 9.20. The van der Waals surface area contributed by atoms with Gasteiger partial charge >= 0.3 is 0 Å². The van der Waals surface area contributed by atoms with Gasteiger partial charge in [0.1, 0.15) is 0 Å². The van der Waals surface area contributed by atoms with Gasteiger partial charge in [-0.05, 0) is 31.7 Å². The van der Waals surface area contributed by atoms with E-state index in [-0.39, 0.29) is 11.9 Å². The number of nitrogens with zero attached hydrogens (tertiary/aromatic N) is 4. The Balaban J connectivity index is 1.53. The van der Waals surface area contributed by atoms with Crippen molar-refractivity contribution in [1.82, 2.24) is 24.9 Å². The summed E-state index contributed by atoms with van der Waals surface area (Å²) in [5.41, 5.74) is 2.44. The number of H-pyrrole nitrogens is 1. The van der Waals surface area contributed by atoms with Gasteiger partial charge in [0.05, 0.1) is 17.5 Å². The predicted molar refractivity (Wildman–Crippen MR) is 99.5 cm³/mol. The summed E-state index contributed by atoms with van der Waals surface area (Å²) in [6.45, 7) is 1.64. The highest BCUT2D eigenvalue weighted by molar-refractivity contribution is 6.00. The Kier molecular flexibility index (Phi) is 4.82. The van der Waals surface area contributed by atoms with Crippen LogP contribution >= 0.6 is 0 Å². The number of carbonyl (C=O) groups is 1. The van der Waals surface area contributed by atoms with Crippen LogP contribution in [0.15, 0.2) is 55.0 Å². The maximum Gasteiger partial charge on any atom is 0.257 e. The molecule has 1 aliphatic rings. The highest BCUT2D eigenvalue weighted by Crippen LogP contribution is 2.26. The molecule has 2 aromatic heterocycles. The zero-order valence-electron chi connectivity index (χ0n) is 14.7. The van der Waals surface area contributed by atoms with Crippen LogP contribution in [0.5, 0.6) is 0 Å². The first kappa shape index (κ1) is 16.6. The molecule has 1 unspecified atom stereocenters. The van der Waals surface area contributed by atoms with E-state index in [4.69, 9.17) is 0 Å². The van der Waals surface area contributed by atoms with Gasteiger partial charge in [0.15, 0.2) is 0 Å². The molecule has 6 heteroatoms. The summed E-state index contributed by atoms with van der Waals surface area (Å²) in [7, 11) is 0. The highest BCUT2D eigenvalue weighted by Gasteiger charge is 2.29. The van der Waals surface area contributed by atoms with Crippen LogP contribution in [-0.4, -0.2) is 43.4 Å². The lowest BCUT2D eigenvalue weighted by Gasteiger charge is -2.36. The van der Waals surface area contributed by atoms with Gasteiger partial charge in [-0.3, -0.25) is 14.6 Å². The monoisotopic (exact) mass is 349 g/mol. The summed E-state index contributed by atoms with van der Waals surface area (Å²) in [6, 6.07) is 12.1. The number of aromatic amines is 1. The molecule has 1 amide bonds. The molecule has 1 atom stereocenters. The molecule has 0 radical (unpaired) electrons. The lowest BCUT2D eigenvalue weighted by atomic mass is 9.97. The Morgan fingerprint density at radius 1 is 1.19 bits per heavy atom. The summed E-state index contributed by atoms with van der Waals surface area (Å²) in [5, 5.41) is 11.4. The Morgan fingerprint density at radius 2 is 2.08 bits per heavy atom. The third-order valence-electron chi connectivity index (χ3n) is 5.07. The van der Waals surface area contributed by atoms with Crippen molar-refractivity contribution in [2.24, 2.45) is 0 Å². The lowest BCUT2D eigenvalue weighted by molar-refractivity contribution is 0.0595. The van der Waals surface area contributed by atoms with Gasteiger partial charge in [-0.15, -0.1) is 0 Å². The molecule has 1 N–H and O–H groups in total. The van der Waals surface area contributed by atoms with E-state index in [2.05, 4.69) is 15.3 Å². The van der Waals surface area contributed by atoms with Crippen molar-refractivity contribution >= 4 is 5.91 Å². The molecule has 0 bridgehead atoms. The molecule has 1 fully saturated rings. The minimum Gasteiger partial charge on any atom is -0.335 e. The van der Waals surface area contributed by atoms with Gasteiger partial charge in [-0.1, -0.05) is 30.3 Å². The van der Waals surface area contributed by atoms with Crippen molar-refractivity contribution in [3.05, 3.63) is 60.6 Å². The third-order valence-corrected chi connectivity index (χ3v) is 5.07. The molecule has 1 saturated heterocycles. The molecule has 0 spiro atoms. The fourth-order valence-electron chi connectivity index (χ4n) is 3.71. The third kappa shape index (κ3) is 3.40. The number of benzene rings is 1. The molecule has 1 aliphatic heterocycles. The van der Waals surface area contributed by atoms with Crippen LogP contribution in [0.1, 0.15) is 36.0 Å². The van der Waals surface area contributed by atoms with E-state index >= 15 is 0 Å². The molecular formula is C20H23N5O.